The van der Waals surface area contributed by atoms with Gasteiger partial charge in [0, 0.05) is 32.1 Å². The molecule has 23 heavy (non-hydrogen) atoms. The van der Waals surface area contributed by atoms with Crippen LogP contribution in [0, 0.1) is 0 Å². The molecule has 0 aromatic heterocycles. The molecule has 1 aromatic carbocycles. The van der Waals surface area contributed by atoms with Gasteiger partial charge in [0.15, 0.2) is 5.96 Å². The summed E-state index contributed by atoms with van der Waals surface area (Å²) < 4.78 is 25.2. The standard InChI is InChI=1S/C16H26N4O2S/c1-3-23(21,22)20-12-11-18-15(17-2)19-13-16(9-10-16)14-7-5-4-6-8-14/h4-8,20H,3,9-13H2,1-2H3,(H2,17,18,19). The molecule has 0 unspecified atom stereocenters. The Morgan fingerprint density at radius 1 is 1.17 bits per heavy atom. The number of rotatable bonds is 8. The minimum atomic E-state index is -3.14. The van der Waals surface area contributed by atoms with E-state index in [4.69, 9.17) is 0 Å². The highest BCUT2D eigenvalue weighted by Crippen LogP contribution is 2.47. The third kappa shape index (κ3) is 5.21. The van der Waals surface area contributed by atoms with Gasteiger partial charge in [-0.25, -0.2) is 13.1 Å². The zero-order valence-electron chi connectivity index (χ0n) is 13.8. The minimum absolute atomic E-state index is 0.0968. The van der Waals surface area contributed by atoms with Gasteiger partial charge in [-0.15, -0.1) is 0 Å². The maximum Gasteiger partial charge on any atom is 0.211 e. The smallest absolute Gasteiger partial charge is 0.211 e. The van der Waals surface area contributed by atoms with Crippen molar-refractivity contribution in [1.29, 1.82) is 0 Å². The van der Waals surface area contributed by atoms with Crippen LogP contribution in [0.2, 0.25) is 0 Å². The molecule has 1 aliphatic carbocycles. The van der Waals surface area contributed by atoms with Crippen molar-refractivity contribution in [2.45, 2.75) is 25.2 Å². The molecule has 0 amide bonds. The van der Waals surface area contributed by atoms with E-state index in [2.05, 4.69) is 44.6 Å². The van der Waals surface area contributed by atoms with Crippen molar-refractivity contribution >= 4 is 16.0 Å². The molecular formula is C16H26N4O2S. The van der Waals surface area contributed by atoms with Gasteiger partial charge >= 0.3 is 0 Å². The molecule has 1 saturated carbocycles. The highest BCUT2D eigenvalue weighted by molar-refractivity contribution is 7.89. The second kappa shape index (κ2) is 7.79. The number of guanidine groups is 1. The van der Waals surface area contributed by atoms with Gasteiger partial charge in [0.1, 0.15) is 0 Å². The summed E-state index contributed by atoms with van der Waals surface area (Å²) in [5.41, 5.74) is 1.57. The van der Waals surface area contributed by atoms with Gasteiger partial charge in [-0.3, -0.25) is 4.99 Å². The number of nitrogens with one attached hydrogen (secondary N) is 3. The lowest BCUT2D eigenvalue weighted by Gasteiger charge is -2.19. The van der Waals surface area contributed by atoms with Crippen LogP contribution in [0.4, 0.5) is 0 Å². The Hall–Kier alpha value is -1.60. The van der Waals surface area contributed by atoms with E-state index < -0.39 is 10.0 Å². The van der Waals surface area contributed by atoms with Gasteiger partial charge < -0.3 is 10.6 Å². The Labute approximate surface area is 138 Å². The van der Waals surface area contributed by atoms with Crippen molar-refractivity contribution in [3.63, 3.8) is 0 Å². The van der Waals surface area contributed by atoms with E-state index >= 15 is 0 Å². The number of sulfonamides is 1. The van der Waals surface area contributed by atoms with Crippen LogP contribution < -0.4 is 15.4 Å². The molecule has 1 aromatic rings. The van der Waals surface area contributed by atoms with Crippen molar-refractivity contribution in [2.24, 2.45) is 4.99 Å². The van der Waals surface area contributed by atoms with E-state index in [-0.39, 0.29) is 11.2 Å². The summed E-state index contributed by atoms with van der Waals surface area (Å²) in [4.78, 5) is 4.18. The summed E-state index contributed by atoms with van der Waals surface area (Å²) >= 11 is 0. The third-order valence-electron chi connectivity index (χ3n) is 4.18. The highest BCUT2D eigenvalue weighted by Gasteiger charge is 2.43. The first-order chi connectivity index (χ1) is 11.0. The molecule has 0 bridgehead atoms. The Bertz CT molecular complexity index is 625. The summed E-state index contributed by atoms with van der Waals surface area (Å²) in [6, 6.07) is 10.5. The summed E-state index contributed by atoms with van der Waals surface area (Å²) in [6.07, 6.45) is 2.36. The first-order valence-corrected chi connectivity index (χ1v) is 9.64. The van der Waals surface area contributed by atoms with Gasteiger partial charge in [0.2, 0.25) is 10.0 Å². The number of benzene rings is 1. The minimum Gasteiger partial charge on any atom is -0.356 e. The third-order valence-corrected chi connectivity index (χ3v) is 5.58. The second-order valence-electron chi connectivity index (χ2n) is 5.80. The fourth-order valence-electron chi connectivity index (χ4n) is 2.47. The van der Waals surface area contributed by atoms with E-state index in [1.54, 1.807) is 14.0 Å². The predicted molar refractivity (Wildman–Crippen MR) is 94.2 cm³/mol. The van der Waals surface area contributed by atoms with Gasteiger partial charge in [-0.1, -0.05) is 30.3 Å². The topological polar surface area (TPSA) is 82.6 Å². The predicted octanol–water partition coefficient (Wildman–Crippen LogP) is 0.823. The van der Waals surface area contributed by atoms with Crippen molar-refractivity contribution in [2.75, 3.05) is 32.4 Å². The second-order valence-corrected chi connectivity index (χ2v) is 7.89. The summed E-state index contributed by atoms with van der Waals surface area (Å²) in [5.74, 6) is 0.794. The maximum atomic E-state index is 11.4. The molecule has 1 aliphatic rings. The Balaban J connectivity index is 1.76. The average Bonchev–Trinajstić information content (AvgIpc) is 3.36. The van der Waals surface area contributed by atoms with Crippen molar-refractivity contribution in [1.82, 2.24) is 15.4 Å². The van der Waals surface area contributed by atoms with E-state index in [0.717, 1.165) is 6.54 Å². The molecule has 0 spiro atoms. The lowest BCUT2D eigenvalue weighted by Crippen LogP contribution is -2.44. The fraction of sp³-hybridized carbons (Fsp3) is 0.562. The number of hydrogen-bond acceptors (Lipinski definition) is 3. The van der Waals surface area contributed by atoms with E-state index in [1.165, 1.54) is 18.4 Å². The molecule has 1 fully saturated rings. The molecular weight excluding hydrogens is 312 g/mol. The highest BCUT2D eigenvalue weighted by atomic mass is 32.2. The van der Waals surface area contributed by atoms with Gasteiger partial charge in [0.05, 0.1) is 5.75 Å². The van der Waals surface area contributed by atoms with E-state index in [9.17, 15) is 8.42 Å². The normalized spacial score (nSPS) is 16.9. The van der Waals surface area contributed by atoms with Crippen LogP contribution in [0.3, 0.4) is 0 Å². The van der Waals surface area contributed by atoms with Crippen LogP contribution in [-0.4, -0.2) is 46.8 Å². The first kappa shape index (κ1) is 17.7. The Morgan fingerprint density at radius 2 is 1.87 bits per heavy atom. The van der Waals surface area contributed by atoms with Gasteiger partial charge in [-0.05, 0) is 25.3 Å². The quantitative estimate of drug-likeness (QED) is 0.372. The zero-order valence-corrected chi connectivity index (χ0v) is 14.6. The SMILES string of the molecule is CCS(=O)(=O)NCCNC(=NC)NCC1(c2ccccc2)CC1. The van der Waals surface area contributed by atoms with Crippen molar-refractivity contribution < 1.29 is 8.42 Å². The van der Waals surface area contributed by atoms with Crippen molar-refractivity contribution in [3.8, 4) is 0 Å². The lowest BCUT2D eigenvalue weighted by atomic mass is 9.96. The Kier molecular flexibility index (Phi) is 6.01. The largest absolute Gasteiger partial charge is 0.356 e. The number of aliphatic imine (C=N–C) groups is 1. The summed E-state index contributed by atoms with van der Waals surface area (Å²) in [7, 11) is -1.42. The summed E-state index contributed by atoms with van der Waals surface area (Å²) in [5, 5.41) is 6.47. The van der Waals surface area contributed by atoms with Gasteiger partial charge in [-0.2, -0.15) is 0 Å². The van der Waals surface area contributed by atoms with E-state index in [1.807, 2.05) is 6.07 Å². The summed E-state index contributed by atoms with van der Waals surface area (Å²) in [6.45, 7) is 3.30. The molecule has 0 radical (unpaired) electrons. The molecule has 0 heterocycles. The van der Waals surface area contributed by atoms with Crippen LogP contribution in [0.25, 0.3) is 0 Å². The molecule has 3 N–H and O–H groups in total. The molecule has 0 atom stereocenters. The average molecular weight is 338 g/mol. The van der Waals surface area contributed by atoms with Crippen LogP contribution >= 0.6 is 0 Å². The zero-order chi connectivity index (χ0) is 16.8. The molecule has 128 valence electrons. The van der Waals surface area contributed by atoms with Crippen LogP contribution in [0.1, 0.15) is 25.3 Å². The maximum absolute atomic E-state index is 11.4. The van der Waals surface area contributed by atoms with Crippen molar-refractivity contribution in [3.05, 3.63) is 35.9 Å². The van der Waals surface area contributed by atoms with E-state index in [0.29, 0.717) is 19.0 Å². The van der Waals surface area contributed by atoms with Crippen LogP contribution in [0.5, 0.6) is 0 Å². The van der Waals surface area contributed by atoms with Crippen LogP contribution in [0.15, 0.2) is 35.3 Å². The monoisotopic (exact) mass is 338 g/mol. The molecule has 7 heteroatoms. The molecule has 2 rings (SSSR count). The lowest BCUT2D eigenvalue weighted by molar-refractivity contribution is 0.581. The Morgan fingerprint density at radius 3 is 2.43 bits per heavy atom. The van der Waals surface area contributed by atoms with Gasteiger partial charge in [0.25, 0.3) is 0 Å². The van der Waals surface area contributed by atoms with Crippen LogP contribution in [-0.2, 0) is 15.4 Å². The number of hydrogen-bond donors (Lipinski definition) is 3. The molecule has 6 nitrogen and oxygen atoms in total. The molecule has 0 aliphatic heterocycles. The number of nitrogens with zero attached hydrogens (tertiary/aromatic N) is 1. The molecule has 0 saturated heterocycles. The first-order valence-electron chi connectivity index (χ1n) is 7.99. The fourth-order valence-corrected chi connectivity index (χ4v) is 3.09.